The molecule has 0 saturated carbocycles. The number of amides is 1. The summed E-state index contributed by atoms with van der Waals surface area (Å²) >= 11 is 6.04. The third-order valence-electron chi connectivity index (χ3n) is 5.09. The smallest absolute Gasteiger partial charge is 0.258 e. The van der Waals surface area contributed by atoms with E-state index in [1.807, 2.05) is 60.7 Å². The molecular weight excluding hydrogens is 429 g/mol. The second kappa shape index (κ2) is 8.28. The summed E-state index contributed by atoms with van der Waals surface area (Å²) in [7, 11) is 0. The first kappa shape index (κ1) is 20.0. The first-order chi connectivity index (χ1) is 15.6. The molecule has 2 heterocycles. The second-order valence-corrected chi connectivity index (χ2v) is 7.67. The number of hydrogen-bond donors (Lipinski definition) is 2. The standard InChI is InChI=1S/C24H17ClFN5O/c25-18-10-6-15(7-11-18)20-14-21(16-4-2-1-3-5-16)31-24(27-20)29-23(30-31)28-22(32)17-8-12-19(26)13-9-17/h1-14,21H,(H2,27,28,29,30,32)/t21-/m0/s1. The van der Waals surface area contributed by atoms with Gasteiger partial charge in [-0.2, -0.15) is 4.98 Å². The predicted molar refractivity (Wildman–Crippen MR) is 122 cm³/mol. The van der Waals surface area contributed by atoms with Gasteiger partial charge in [-0.15, -0.1) is 5.10 Å². The van der Waals surface area contributed by atoms with Crippen LogP contribution in [0.25, 0.3) is 5.70 Å². The van der Waals surface area contributed by atoms with Crippen LogP contribution in [0.3, 0.4) is 0 Å². The highest BCUT2D eigenvalue weighted by Crippen LogP contribution is 2.33. The van der Waals surface area contributed by atoms with Crippen molar-refractivity contribution in [1.82, 2.24) is 14.8 Å². The van der Waals surface area contributed by atoms with E-state index in [2.05, 4.69) is 20.7 Å². The summed E-state index contributed by atoms with van der Waals surface area (Å²) in [5.41, 5.74) is 3.13. The molecule has 5 rings (SSSR count). The topological polar surface area (TPSA) is 71.8 Å². The van der Waals surface area contributed by atoms with Crippen LogP contribution >= 0.6 is 11.6 Å². The van der Waals surface area contributed by atoms with Gasteiger partial charge >= 0.3 is 0 Å². The summed E-state index contributed by atoms with van der Waals surface area (Å²) in [6.45, 7) is 0. The van der Waals surface area contributed by atoms with Crippen molar-refractivity contribution in [2.24, 2.45) is 0 Å². The summed E-state index contributed by atoms with van der Waals surface area (Å²) in [6, 6.07) is 22.4. The van der Waals surface area contributed by atoms with Gasteiger partial charge in [0.15, 0.2) is 0 Å². The van der Waals surface area contributed by atoms with Crippen LogP contribution in [-0.4, -0.2) is 20.7 Å². The van der Waals surface area contributed by atoms with Crippen molar-refractivity contribution in [3.05, 3.63) is 112 Å². The Bertz CT molecular complexity index is 1300. The molecule has 0 unspecified atom stereocenters. The van der Waals surface area contributed by atoms with Crippen molar-refractivity contribution >= 4 is 35.1 Å². The predicted octanol–water partition coefficient (Wildman–Crippen LogP) is 5.38. The molecule has 1 amide bonds. The molecule has 0 radical (unpaired) electrons. The van der Waals surface area contributed by atoms with Crippen molar-refractivity contribution in [3.63, 3.8) is 0 Å². The molecule has 4 aromatic rings. The van der Waals surface area contributed by atoms with E-state index in [4.69, 9.17) is 11.6 Å². The van der Waals surface area contributed by atoms with Crippen LogP contribution in [0, 0.1) is 5.82 Å². The summed E-state index contributed by atoms with van der Waals surface area (Å²) in [5, 5.41) is 11.1. The summed E-state index contributed by atoms with van der Waals surface area (Å²) in [5.74, 6) is -0.197. The molecule has 6 nitrogen and oxygen atoms in total. The highest BCUT2D eigenvalue weighted by molar-refractivity contribution is 6.30. The van der Waals surface area contributed by atoms with Crippen molar-refractivity contribution in [2.45, 2.75) is 6.04 Å². The largest absolute Gasteiger partial charge is 0.324 e. The number of halogens is 2. The molecule has 0 fully saturated rings. The van der Waals surface area contributed by atoms with Gasteiger partial charge in [-0.25, -0.2) is 9.07 Å². The zero-order valence-electron chi connectivity index (χ0n) is 16.7. The molecule has 158 valence electrons. The van der Waals surface area contributed by atoms with Crippen LogP contribution in [0.5, 0.6) is 0 Å². The maximum atomic E-state index is 13.2. The lowest BCUT2D eigenvalue weighted by molar-refractivity contribution is 0.102. The molecule has 1 atom stereocenters. The van der Waals surface area contributed by atoms with Gasteiger partial charge in [0.05, 0.1) is 0 Å². The van der Waals surface area contributed by atoms with Gasteiger partial charge < -0.3 is 5.32 Å². The van der Waals surface area contributed by atoms with Crippen molar-refractivity contribution < 1.29 is 9.18 Å². The fourth-order valence-corrected chi connectivity index (χ4v) is 3.63. The van der Waals surface area contributed by atoms with E-state index in [9.17, 15) is 9.18 Å². The van der Waals surface area contributed by atoms with E-state index >= 15 is 0 Å². The average Bonchev–Trinajstić information content (AvgIpc) is 3.22. The first-order valence-corrected chi connectivity index (χ1v) is 10.3. The molecule has 0 saturated heterocycles. The number of allylic oxidation sites excluding steroid dienone is 1. The Hall–Kier alpha value is -3.97. The molecule has 8 heteroatoms. The minimum atomic E-state index is -0.421. The van der Waals surface area contributed by atoms with Crippen LogP contribution in [0.2, 0.25) is 5.02 Å². The highest BCUT2D eigenvalue weighted by atomic mass is 35.5. The maximum Gasteiger partial charge on any atom is 0.258 e. The molecular formula is C24H17ClFN5O. The molecule has 32 heavy (non-hydrogen) atoms. The van der Waals surface area contributed by atoms with Gasteiger partial charge in [0.1, 0.15) is 11.9 Å². The second-order valence-electron chi connectivity index (χ2n) is 7.23. The number of hydrogen-bond acceptors (Lipinski definition) is 4. The monoisotopic (exact) mass is 445 g/mol. The van der Waals surface area contributed by atoms with Crippen LogP contribution in [0.15, 0.2) is 84.9 Å². The molecule has 2 N–H and O–H groups in total. The number of nitrogens with one attached hydrogen (secondary N) is 2. The maximum absolute atomic E-state index is 13.2. The molecule has 1 aliphatic heterocycles. The van der Waals surface area contributed by atoms with Crippen LogP contribution in [0.1, 0.15) is 27.5 Å². The Morgan fingerprint density at radius 2 is 1.72 bits per heavy atom. The van der Waals surface area contributed by atoms with Gasteiger partial charge in [0, 0.05) is 16.3 Å². The van der Waals surface area contributed by atoms with Crippen LogP contribution < -0.4 is 10.6 Å². The van der Waals surface area contributed by atoms with Gasteiger partial charge in [-0.05, 0) is 53.6 Å². The fraction of sp³-hybridized carbons (Fsp3) is 0.0417. The van der Waals surface area contributed by atoms with Crippen molar-refractivity contribution in [3.8, 4) is 0 Å². The lowest BCUT2D eigenvalue weighted by Gasteiger charge is -2.24. The number of fused-ring (bicyclic) bond motifs is 1. The third-order valence-corrected chi connectivity index (χ3v) is 5.35. The SMILES string of the molecule is O=C(Nc1nc2n(n1)[C@H](c1ccccc1)C=C(c1ccc(Cl)cc1)N2)c1ccc(F)cc1. The number of benzene rings is 3. The van der Waals surface area contributed by atoms with E-state index in [0.717, 1.165) is 16.8 Å². The van der Waals surface area contributed by atoms with E-state index in [1.54, 1.807) is 4.68 Å². The highest BCUT2D eigenvalue weighted by Gasteiger charge is 2.26. The molecule has 1 aliphatic rings. The quantitative estimate of drug-likeness (QED) is 0.442. The zero-order valence-corrected chi connectivity index (χ0v) is 17.4. The summed E-state index contributed by atoms with van der Waals surface area (Å²) in [6.07, 6.45) is 2.05. The summed E-state index contributed by atoms with van der Waals surface area (Å²) in [4.78, 5) is 17.0. The van der Waals surface area contributed by atoms with E-state index in [1.165, 1.54) is 24.3 Å². The summed E-state index contributed by atoms with van der Waals surface area (Å²) < 4.78 is 14.9. The van der Waals surface area contributed by atoms with E-state index in [-0.39, 0.29) is 12.0 Å². The first-order valence-electron chi connectivity index (χ1n) is 9.90. The van der Waals surface area contributed by atoms with Crippen LogP contribution in [-0.2, 0) is 0 Å². The van der Waals surface area contributed by atoms with Gasteiger partial charge in [0.25, 0.3) is 11.9 Å². The normalized spacial score (nSPS) is 14.8. The number of carbonyl (C=O) groups excluding carboxylic acids is 1. The molecule has 0 spiro atoms. The molecule has 1 aromatic heterocycles. The number of rotatable bonds is 4. The fourth-order valence-electron chi connectivity index (χ4n) is 3.51. The van der Waals surface area contributed by atoms with Crippen molar-refractivity contribution in [1.29, 1.82) is 0 Å². The number of nitrogens with zero attached hydrogens (tertiary/aromatic N) is 3. The minimum Gasteiger partial charge on any atom is -0.324 e. The van der Waals surface area contributed by atoms with Gasteiger partial charge in [-0.3, -0.25) is 10.1 Å². The number of aromatic nitrogens is 3. The number of carbonyl (C=O) groups is 1. The minimum absolute atomic E-state index is 0.147. The number of anilines is 2. The lowest BCUT2D eigenvalue weighted by Crippen LogP contribution is -2.20. The molecule has 3 aromatic carbocycles. The Kier molecular flexibility index (Phi) is 5.17. The van der Waals surface area contributed by atoms with Gasteiger partial charge in [0.2, 0.25) is 5.95 Å². The van der Waals surface area contributed by atoms with Crippen molar-refractivity contribution in [2.75, 3.05) is 10.6 Å². The zero-order chi connectivity index (χ0) is 22.1. The molecule has 0 bridgehead atoms. The Balaban J connectivity index is 1.49. The molecule has 0 aliphatic carbocycles. The van der Waals surface area contributed by atoms with Gasteiger partial charge in [-0.1, -0.05) is 54.1 Å². The Morgan fingerprint density at radius 3 is 2.44 bits per heavy atom. The third kappa shape index (κ3) is 3.98. The van der Waals surface area contributed by atoms with E-state index in [0.29, 0.717) is 16.5 Å². The average molecular weight is 446 g/mol. The van der Waals surface area contributed by atoms with E-state index < -0.39 is 11.7 Å². The Morgan fingerprint density at radius 1 is 1.00 bits per heavy atom. The van der Waals surface area contributed by atoms with Crippen LogP contribution in [0.4, 0.5) is 16.3 Å². The lowest BCUT2D eigenvalue weighted by atomic mass is 10.0. The Labute approximate surface area is 188 Å².